The van der Waals surface area contributed by atoms with Crippen molar-refractivity contribution in [1.29, 1.82) is 0 Å². The quantitative estimate of drug-likeness (QED) is 0.799. The van der Waals surface area contributed by atoms with E-state index in [0.717, 1.165) is 5.76 Å². The van der Waals surface area contributed by atoms with Crippen molar-refractivity contribution in [3.8, 4) is 0 Å². The predicted molar refractivity (Wildman–Crippen MR) is 97.2 cm³/mol. The van der Waals surface area contributed by atoms with E-state index in [2.05, 4.69) is 5.32 Å². The SMILES string of the molecule is O=C(NC[C@H](CO)Cc1ccco1)N1CCCN(C(=O)c2ccco2)CC1. The van der Waals surface area contributed by atoms with Crippen LogP contribution in [0.2, 0.25) is 0 Å². The summed E-state index contributed by atoms with van der Waals surface area (Å²) in [5, 5.41) is 12.4. The van der Waals surface area contributed by atoms with E-state index in [1.54, 1.807) is 34.3 Å². The minimum Gasteiger partial charge on any atom is -0.469 e. The summed E-state index contributed by atoms with van der Waals surface area (Å²) in [6, 6.07) is 6.80. The number of urea groups is 1. The topological polar surface area (TPSA) is 99.2 Å². The lowest BCUT2D eigenvalue weighted by atomic mass is 10.1. The van der Waals surface area contributed by atoms with Gasteiger partial charge >= 0.3 is 6.03 Å². The molecule has 8 nitrogen and oxygen atoms in total. The minimum absolute atomic E-state index is 0.0353. The second kappa shape index (κ2) is 9.27. The Labute approximate surface area is 157 Å². The molecule has 0 spiro atoms. The highest BCUT2D eigenvalue weighted by molar-refractivity contribution is 5.91. The normalized spacial score (nSPS) is 16.0. The lowest BCUT2D eigenvalue weighted by Crippen LogP contribution is -2.44. The molecule has 0 bridgehead atoms. The van der Waals surface area contributed by atoms with Gasteiger partial charge in [0.2, 0.25) is 0 Å². The van der Waals surface area contributed by atoms with Crippen molar-refractivity contribution in [2.24, 2.45) is 5.92 Å². The Bertz CT molecular complexity index is 714. The molecule has 8 heteroatoms. The summed E-state index contributed by atoms with van der Waals surface area (Å²) in [5.41, 5.74) is 0. The van der Waals surface area contributed by atoms with E-state index in [9.17, 15) is 14.7 Å². The van der Waals surface area contributed by atoms with Gasteiger partial charge in [-0.05, 0) is 30.7 Å². The molecule has 3 heterocycles. The van der Waals surface area contributed by atoms with Crippen LogP contribution in [0.4, 0.5) is 4.79 Å². The van der Waals surface area contributed by atoms with Gasteiger partial charge in [-0.2, -0.15) is 0 Å². The molecule has 2 N–H and O–H groups in total. The first-order valence-electron chi connectivity index (χ1n) is 9.16. The van der Waals surface area contributed by atoms with E-state index in [1.807, 2.05) is 6.07 Å². The van der Waals surface area contributed by atoms with Crippen molar-refractivity contribution < 1.29 is 23.5 Å². The molecule has 146 valence electrons. The highest BCUT2D eigenvalue weighted by Gasteiger charge is 2.24. The molecule has 0 aromatic carbocycles. The van der Waals surface area contributed by atoms with Gasteiger partial charge in [-0.3, -0.25) is 4.79 Å². The molecule has 3 amide bonds. The third kappa shape index (κ3) is 5.13. The number of carbonyl (C=O) groups excluding carboxylic acids is 2. The number of aliphatic hydroxyl groups excluding tert-OH is 1. The number of carbonyl (C=O) groups is 2. The van der Waals surface area contributed by atoms with E-state index >= 15 is 0 Å². The molecule has 1 fully saturated rings. The van der Waals surface area contributed by atoms with Crippen molar-refractivity contribution in [2.45, 2.75) is 12.8 Å². The van der Waals surface area contributed by atoms with E-state index in [0.29, 0.717) is 51.3 Å². The lowest BCUT2D eigenvalue weighted by Gasteiger charge is -2.23. The van der Waals surface area contributed by atoms with Crippen LogP contribution in [-0.4, -0.2) is 66.2 Å². The number of nitrogens with zero attached hydrogens (tertiary/aromatic N) is 2. The number of nitrogens with one attached hydrogen (secondary N) is 1. The molecule has 1 saturated heterocycles. The zero-order chi connectivity index (χ0) is 19.1. The van der Waals surface area contributed by atoms with Crippen LogP contribution >= 0.6 is 0 Å². The first kappa shape index (κ1) is 19.0. The molecular weight excluding hydrogens is 350 g/mol. The average molecular weight is 375 g/mol. The number of hydrogen-bond donors (Lipinski definition) is 2. The Hall–Kier alpha value is -2.74. The fourth-order valence-electron chi connectivity index (χ4n) is 3.14. The van der Waals surface area contributed by atoms with Gasteiger partial charge < -0.3 is 29.1 Å². The maximum atomic E-state index is 12.5. The smallest absolute Gasteiger partial charge is 0.317 e. The molecule has 0 saturated carbocycles. The Morgan fingerprint density at radius 2 is 1.81 bits per heavy atom. The summed E-state index contributed by atoms with van der Waals surface area (Å²) < 4.78 is 10.5. The summed E-state index contributed by atoms with van der Waals surface area (Å²) in [6.45, 7) is 2.41. The molecule has 1 aliphatic rings. The number of amides is 3. The van der Waals surface area contributed by atoms with Crippen LogP contribution in [-0.2, 0) is 6.42 Å². The van der Waals surface area contributed by atoms with Crippen molar-refractivity contribution in [1.82, 2.24) is 15.1 Å². The van der Waals surface area contributed by atoms with E-state index < -0.39 is 0 Å². The van der Waals surface area contributed by atoms with Crippen molar-refractivity contribution in [3.05, 3.63) is 48.3 Å². The fraction of sp³-hybridized carbons (Fsp3) is 0.474. The third-order valence-electron chi connectivity index (χ3n) is 4.67. The molecule has 0 radical (unpaired) electrons. The zero-order valence-corrected chi connectivity index (χ0v) is 15.2. The molecule has 0 unspecified atom stereocenters. The Kier molecular flexibility index (Phi) is 6.54. The van der Waals surface area contributed by atoms with Gasteiger partial charge in [-0.1, -0.05) is 0 Å². The van der Waals surface area contributed by atoms with E-state index in [-0.39, 0.29) is 24.5 Å². The summed E-state index contributed by atoms with van der Waals surface area (Å²) in [6.07, 6.45) is 4.34. The van der Waals surface area contributed by atoms with Gasteiger partial charge in [0.05, 0.1) is 12.5 Å². The van der Waals surface area contributed by atoms with Crippen molar-refractivity contribution >= 4 is 11.9 Å². The van der Waals surface area contributed by atoms with E-state index in [4.69, 9.17) is 8.83 Å². The summed E-state index contributed by atoms with van der Waals surface area (Å²) in [5.74, 6) is 0.840. The van der Waals surface area contributed by atoms with Crippen LogP contribution in [0, 0.1) is 5.92 Å². The van der Waals surface area contributed by atoms with Gasteiger partial charge in [0, 0.05) is 51.7 Å². The first-order chi connectivity index (χ1) is 13.2. The summed E-state index contributed by atoms with van der Waals surface area (Å²) in [4.78, 5) is 28.3. The average Bonchev–Trinajstić information content (AvgIpc) is 3.34. The predicted octanol–water partition coefficient (Wildman–Crippen LogP) is 1.58. The van der Waals surface area contributed by atoms with Gasteiger partial charge in [-0.25, -0.2) is 4.79 Å². The van der Waals surface area contributed by atoms with Crippen LogP contribution in [0.5, 0.6) is 0 Å². The maximum Gasteiger partial charge on any atom is 0.317 e. The molecule has 2 aromatic heterocycles. The van der Waals surface area contributed by atoms with Crippen LogP contribution in [0.1, 0.15) is 22.7 Å². The minimum atomic E-state index is -0.180. The van der Waals surface area contributed by atoms with Gasteiger partial charge in [0.25, 0.3) is 5.91 Å². The van der Waals surface area contributed by atoms with Crippen LogP contribution in [0.3, 0.4) is 0 Å². The van der Waals surface area contributed by atoms with Gasteiger partial charge in [0.1, 0.15) is 5.76 Å². The molecule has 3 rings (SSSR count). The molecule has 2 aromatic rings. The number of aliphatic hydroxyl groups is 1. The number of rotatable bonds is 6. The van der Waals surface area contributed by atoms with Gasteiger partial charge in [0.15, 0.2) is 5.76 Å². The Morgan fingerprint density at radius 1 is 1.07 bits per heavy atom. The zero-order valence-electron chi connectivity index (χ0n) is 15.2. The highest BCUT2D eigenvalue weighted by atomic mass is 16.3. The maximum absolute atomic E-state index is 12.5. The molecular formula is C19H25N3O5. The molecule has 27 heavy (non-hydrogen) atoms. The van der Waals surface area contributed by atoms with Crippen LogP contribution in [0.25, 0.3) is 0 Å². The fourth-order valence-corrected chi connectivity index (χ4v) is 3.14. The number of furan rings is 2. The van der Waals surface area contributed by atoms with Crippen molar-refractivity contribution in [2.75, 3.05) is 39.3 Å². The summed E-state index contributed by atoms with van der Waals surface area (Å²) >= 11 is 0. The largest absolute Gasteiger partial charge is 0.469 e. The first-order valence-corrected chi connectivity index (χ1v) is 9.16. The second-order valence-electron chi connectivity index (χ2n) is 6.63. The molecule has 0 aliphatic carbocycles. The van der Waals surface area contributed by atoms with Crippen LogP contribution < -0.4 is 5.32 Å². The van der Waals surface area contributed by atoms with Gasteiger partial charge in [-0.15, -0.1) is 0 Å². The highest BCUT2D eigenvalue weighted by Crippen LogP contribution is 2.11. The standard InChI is InChI=1S/C19H25N3O5/c23-14-15(12-16-4-1-10-26-16)13-20-19(25)22-7-3-6-21(8-9-22)18(24)17-5-2-11-27-17/h1-2,4-5,10-11,15,23H,3,6-9,12-14H2,(H,20,25)/t15-/m1/s1. The Morgan fingerprint density at radius 3 is 2.52 bits per heavy atom. The second-order valence-corrected chi connectivity index (χ2v) is 6.63. The Balaban J connectivity index is 1.46. The van der Waals surface area contributed by atoms with Crippen LogP contribution in [0.15, 0.2) is 45.6 Å². The monoisotopic (exact) mass is 375 g/mol. The van der Waals surface area contributed by atoms with Crippen molar-refractivity contribution in [3.63, 3.8) is 0 Å². The van der Waals surface area contributed by atoms with E-state index in [1.165, 1.54) is 6.26 Å². The number of hydrogen-bond acceptors (Lipinski definition) is 5. The molecule has 1 atom stereocenters. The summed E-state index contributed by atoms with van der Waals surface area (Å²) in [7, 11) is 0. The lowest BCUT2D eigenvalue weighted by molar-refractivity contribution is 0.0730. The third-order valence-corrected chi connectivity index (χ3v) is 4.67. The molecule has 1 aliphatic heterocycles.